The summed E-state index contributed by atoms with van der Waals surface area (Å²) in [5.74, 6) is 0.706. The Bertz CT molecular complexity index is 379. The zero-order chi connectivity index (χ0) is 10.9. The van der Waals surface area contributed by atoms with E-state index in [4.69, 9.17) is 0 Å². The van der Waals surface area contributed by atoms with E-state index in [1.54, 1.807) is 0 Å². The molecule has 0 fully saturated rings. The van der Waals surface area contributed by atoms with Crippen molar-refractivity contribution in [1.29, 1.82) is 0 Å². The molecule has 1 atom stereocenters. The molecule has 1 aliphatic heterocycles. The van der Waals surface area contributed by atoms with Gasteiger partial charge in [0.2, 0.25) is 0 Å². The molecule has 0 radical (unpaired) electrons. The maximum Gasteiger partial charge on any atom is 0.0533 e. The van der Waals surface area contributed by atoms with E-state index in [0.717, 1.165) is 6.42 Å². The van der Waals surface area contributed by atoms with Crippen molar-refractivity contribution in [3.05, 3.63) is 35.9 Å². The number of nitrogens with one attached hydrogen (secondary N) is 1. The Morgan fingerprint density at radius 2 is 2.00 bits per heavy atom. The molecule has 0 bridgehead atoms. The number of anilines is 1. The number of fused-ring (bicyclic) bond motifs is 1. The fraction of sp³-hybridized carbons (Fsp3) is 0.429. The van der Waals surface area contributed by atoms with Gasteiger partial charge in [-0.3, -0.25) is 0 Å². The fourth-order valence-corrected chi connectivity index (χ4v) is 2.35. The quantitative estimate of drug-likeness (QED) is 0.764. The zero-order valence-electron chi connectivity index (χ0n) is 9.75. The van der Waals surface area contributed by atoms with Gasteiger partial charge < -0.3 is 5.32 Å². The predicted molar refractivity (Wildman–Crippen MR) is 67.0 cm³/mol. The largest absolute Gasteiger partial charge is 0.376 e. The molecule has 80 valence electrons. The normalized spacial score (nSPS) is 23.7. The zero-order valence-corrected chi connectivity index (χ0v) is 9.75. The van der Waals surface area contributed by atoms with E-state index in [1.165, 1.54) is 11.3 Å². The minimum atomic E-state index is 0.114. The standard InChI is InChI=1S/C14H19N/c1-11(2)10-14(3)9-8-12-6-4-5-7-13(12)15-14/h4-9,11,15H,10H2,1-3H3. The van der Waals surface area contributed by atoms with E-state index in [9.17, 15) is 0 Å². The Hall–Kier alpha value is -1.24. The average molecular weight is 201 g/mol. The summed E-state index contributed by atoms with van der Waals surface area (Å²) in [7, 11) is 0. The monoisotopic (exact) mass is 201 g/mol. The molecule has 0 saturated heterocycles. The van der Waals surface area contributed by atoms with E-state index in [1.807, 2.05) is 0 Å². The molecule has 1 aliphatic rings. The Morgan fingerprint density at radius 1 is 1.27 bits per heavy atom. The van der Waals surface area contributed by atoms with Crippen LogP contribution in [0.4, 0.5) is 5.69 Å². The fourth-order valence-electron chi connectivity index (χ4n) is 2.35. The van der Waals surface area contributed by atoms with Crippen LogP contribution in [0, 0.1) is 5.92 Å². The summed E-state index contributed by atoms with van der Waals surface area (Å²) in [4.78, 5) is 0. The number of para-hydroxylation sites is 1. The lowest BCUT2D eigenvalue weighted by Crippen LogP contribution is -2.35. The first kappa shape index (κ1) is 10.3. The van der Waals surface area contributed by atoms with Crippen molar-refractivity contribution in [2.75, 3.05) is 5.32 Å². The third-order valence-corrected chi connectivity index (χ3v) is 2.84. The molecule has 1 aromatic carbocycles. The van der Waals surface area contributed by atoms with Gasteiger partial charge in [0.1, 0.15) is 0 Å². The van der Waals surface area contributed by atoms with E-state index in [2.05, 4.69) is 62.5 Å². The molecule has 1 aromatic rings. The van der Waals surface area contributed by atoms with E-state index in [0.29, 0.717) is 5.92 Å². The molecule has 1 N–H and O–H groups in total. The Balaban J connectivity index is 2.25. The molecule has 0 spiro atoms. The maximum absolute atomic E-state index is 3.62. The Labute approximate surface area is 92.2 Å². The number of hydrogen-bond donors (Lipinski definition) is 1. The Kier molecular flexibility index (Phi) is 2.56. The minimum absolute atomic E-state index is 0.114. The molecule has 0 saturated carbocycles. The van der Waals surface area contributed by atoms with Crippen LogP contribution < -0.4 is 5.32 Å². The molecule has 1 unspecified atom stereocenters. The first-order chi connectivity index (χ1) is 7.09. The van der Waals surface area contributed by atoms with Gasteiger partial charge in [-0.2, -0.15) is 0 Å². The smallest absolute Gasteiger partial charge is 0.0533 e. The van der Waals surface area contributed by atoms with Crippen LogP contribution in [0.3, 0.4) is 0 Å². The number of benzene rings is 1. The molecule has 1 heteroatoms. The lowest BCUT2D eigenvalue weighted by molar-refractivity contribution is 0.466. The van der Waals surface area contributed by atoms with Crippen LogP contribution >= 0.6 is 0 Å². The van der Waals surface area contributed by atoms with E-state index < -0.39 is 0 Å². The molecule has 1 heterocycles. The van der Waals surface area contributed by atoms with E-state index in [-0.39, 0.29) is 5.54 Å². The first-order valence-electron chi connectivity index (χ1n) is 5.65. The van der Waals surface area contributed by atoms with Crippen LogP contribution in [0.5, 0.6) is 0 Å². The highest BCUT2D eigenvalue weighted by atomic mass is 15.0. The molecule has 2 rings (SSSR count). The Morgan fingerprint density at radius 3 is 2.73 bits per heavy atom. The van der Waals surface area contributed by atoms with Crippen molar-refractivity contribution in [3.8, 4) is 0 Å². The SMILES string of the molecule is CC(C)CC1(C)C=Cc2ccccc2N1. The van der Waals surface area contributed by atoms with Gasteiger partial charge in [0.15, 0.2) is 0 Å². The predicted octanol–water partition coefficient (Wildman–Crippen LogP) is 3.93. The highest BCUT2D eigenvalue weighted by Crippen LogP contribution is 2.31. The van der Waals surface area contributed by atoms with E-state index >= 15 is 0 Å². The van der Waals surface area contributed by atoms with Crippen LogP contribution in [0.2, 0.25) is 0 Å². The summed E-state index contributed by atoms with van der Waals surface area (Å²) in [6, 6.07) is 8.46. The van der Waals surface area contributed by atoms with Gasteiger partial charge in [-0.15, -0.1) is 0 Å². The molecule has 0 amide bonds. The van der Waals surface area contributed by atoms with Crippen LogP contribution in [0.1, 0.15) is 32.8 Å². The van der Waals surface area contributed by atoms with Crippen molar-refractivity contribution in [2.45, 2.75) is 32.7 Å². The molecule has 1 nitrogen and oxygen atoms in total. The van der Waals surface area contributed by atoms with Gasteiger partial charge >= 0.3 is 0 Å². The molecular formula is C14H19N. The van der Waals surface area contributed by atoms with Crippen molar-refractivity contribution in [1.82, 2.24) is 0 Å². The van der Waals surface area contributed by atoms with Crippen LogP contribution in [0.15, 0.2) is 30.3 Å². The van der Waals surface area contributed by atoms with Crippen LogP contribution in [0.25, 0.3) is 6.08 Å². The highest BCUT2D eigenvalue weighted by Gasteiger charge is 2.25. The second-order valence-corrected chi connectivity index (χ2v) is 5.06. The summed E-state index contributed by atoms with van der Waals surface area (Å²) in [5, 5.41) is 3.62. The van der Waals surface area contributed by atoms with Gasteiger partial charge in [-0.1, -0.05) is 44.2 Å². The number of hydrogen-bond acceptors (Lipinski definition) is 1. The summed E-state index contributed by atoms with van der Waals surface area (Å²) in [6.45, 7) is 6.79. The topological polar surface area (TPSA) is 12.0 Å². The van der Waals surface area contributed by atoms with Crippen LogP contribution in [-0.2, 0) is 0 Å². The van der Waals surface area contributed by atoms with Gasteiger partial charge in [0, 0.05) is 5.69 Å². The van der Waals surface area contributed by atoms with Crippen molar-refractivity contribution >= 4 is 11.8 Å². The lowest BCUT2D eigenvalue weighted by atomic mass is 9.87. The van der Waals surface area contributed by atoms with Gasteiger partial charge in [0.25, 0.3) is 0 Å². The molecule has 0 aromatic heterocycles. The summed E-state index contributed by atoms with van der Waals surface area (Å²) in [5.41, 5.74) is 2.66. The molecule has 15 heavy (non-hydrogen) atoms. The summed E-state index contributed by atoms with van der Waals surface area (Å²) in [6.07, 6.45) is 5.68. The third kappa shape index (κ3) is 2.23. The third-order valence-electron chi connectivity index (χ3n) is 2.84. The molecular weight excluding hydrogens is 182 g/mol. The second kappa shape index (κ2) is 3.73. The lowest BCUT2D eigenvalue weighted by Gasteiger charge is -2.34. The maximum atomic E-state index is 3.62. The highest BCUT2D eigenvalue weighted by molar-refractivity contribution is 5.72. The summed E-state index contributed by atoms with van der Waals surface area (Å²) < 4.78 is 0. The number of rotatable bonds is 2. The van der Waals surface area contributed by atoms with Gasteiger partial charge in [-0.05, 0) is 30.9 Å². The van der Waals surface area contributed by atoms with Crippen molar-refractivity contribution in [2.24, 2.45) is 5.92 Å². The van der Waals surface area contributed by atoms with Gasteiger partial charge in [0.05, 0.1) is 5.54 Å². The summed E-state index contributed by atoms with van der Waals surface area (Å²) >= 11 is 0. The van der Waals surface area contributed by atoms with Crippen LogP contribution in [-0.4, -0.2) is 5.54 Å². The second-order valence-electron chi connectivity index (χ2n) is 5.06. The van der Waals surface area contributed by atoms with Gasteiger partial charge in [-0.25, -0.2) is 0 Å². The van der Waals surface area contributed by atoms with Crippen molar-refractivity contribution in [3.63, 3.8) is 0 Å². The molecule has 0 aliphatic carbocycles. The minimum Gasteiger partial charge on any atom is -0.376 e. The van der Waals surface area contributed by atoms with Crippen molar-refractivity contribution < 1.29 is 0 Å². The first-order valence-corrected chi connectivity index (χ1v) is 5.65. The average Bonchev–Trinajstić information content (AvgIpc) is 2.15.